The molecule has 0 aromatic heterocycles. The number of aliphatic hydroxyl groups is 1. The van der Waals surface area contributed by atoms with E-state index in [-0.39, 0.29) is 12.2 Å². The van der Waals surface area contributed by atoms with Crippen molar-refractivity contribution in [1.82, 2.24) is 0 Å². The topological polar surface area (TPSA) is 74.6 Å². The third kappa shape index (κ3) is 3.30. The van der Waals surface area contributed by atoms with E-state index >= 15 is 0 Å². The van der Waals surface area contributed by atoms with Crippen LogP contribution < -0.4 is 0 Å². The molecule has 1 fully saturated rings. The monoisotopic (exact) mass is 228 g/mol. The molecule has 1 aliphatic carbocycles. The lowest BCUT2D eigenvalue weighted by Crippen LogP contribution is -2.28. The molecular formula is C12H20O4. The standard InChI is InChI=1S/C12H20O4/c1-9(13)4-7-12(8-5-11(15)16)6-2-3-10(12)14/h9,13H,2-8H2,1H3,(H,15,16). The van der Waals surface area contributed by atoms with Crippen molar-refractivity contribution in [2.75, 3.05) is 0 Å². The molecule has 0 spiro atoms. The molecule has 0 radical (unpaired) electrons. The van der Waals surface area contributed by atoms with Gasteiger partial charge in [-0.15, -0.1) is 0 Å². The van der Waals surface area contributed by atoms with Crippen LogP contribution in [-0.4, -0.2) is 28.1 Å². The molecule has 4 heteroatoms. The van der Waals surface area contributed by atoms with Gasteiger partial charge in [-0.05, 0) is 39.0 Å². The van der Waals surface area contributed by atoms with Crippen molar-refractivity contribution >= 4 is 11.8 Å². The van der Waals surface area contributed by atoms with Gasteiger partial charge in [0.15, 0.2) is 0 Å². The molecule has 0 amide bonds. The van der Waals surface area contributed by atoms with Gasteiger partial charge in [0.2, 0.25) is 0 Å². The average molecular weight is 228 g/mol. The Morgan fingerprint density at radius 1 is 1.50 bits per heavy atom. The fraction of sp³-hybridized carbons (Fsp3) is 0.833. The van der Waals surface area contributed by atoms with Crippen molar-refractivity contribution in [3.8, 4) is 0 Å². The number of Topliss-reactive ketones (excluding diaryl/α,β-unsaturated/α-hetero) is 1. The molecule has 0 aromatic carbocycles. The SMILES string of the molecule is CC(O)CCC1(CCC(=O)O)CCCC1=O. The maximum atomic E-state index is 11.8. The highest BCUT2D eigenvalue weighted by molar-refractivity contribution is 5.87. The van der Waals surface area contributed by atoms with Gasteiger partial charge in [0.25, 0.3) is 0 Å². The minimum atomic E-state index is -0.851. The zero-order valence-electron chi connectivity index (χ0n) is 9.74. The molecule has 2 N–H and O–H groups in total. The van der Waals surface area contributed by atoms with Crippen LogP contribution in [0.2, 0.25) is 0 Å². The molecule has 2 unspecified atom stereocenters. The van der Waals surface area contributed by atoms with Gasteiger partial charge in [0.05, 0.1) is 6.10 Å². The summed E-state index contributed by atoms with van der Waals surface area (Å²) in [6.07, 6.45) is 3.46. The summed E-state index contributed by atoms with van der Waals surface area (Å²) in [5.41, 5.74) is -0.463. The second-order valence-corrected chi connectivity index (χ2v) is 4.84. The molecule has 92 valence electrons. The van der Waals surface area contributed by atoms with Crippen molar-refractivity contribution < 1.29 is 19.8 Å². The van der Waals surface area contributed by atoms with E-state index in [1.165, 1.54) is 0 Å². The number of hydrogen-bond acceptors (Lipinski definition) is 3. The average Bonchev–Trinajstić information content (AvgIpc) is 2.55. The minimum Gasteiger partial charge on any atom is -0.481 e. The third-order valence-electron chi connectivity index (χ3n) is 3.51. The van der Waals surface area contributed by atoms with Crippen molar-refractivity contribution in [3.05, 3.63) is 0 Å². The molecule has 0 aliphatic heterocycles. The van der Waals surface area contributed by atoms with E-state index in [9.17, 15) is 14.7 Å². The first-order chi connectivity index (χ1) is 7.46. The molecular weight excluding hydrogens is 208 g/mol. The Bertz CT molecular complexity index is 272. The zero-order valence-corrected chi connectivity index (χ0v) is 9.74. The molecule has 0 saturated heterocycles. The van der Waals surface area contributed by atoms with Gasteiger partial charge in [-0.25, -0.2) is 0 Å². The first-order valence-electron chi connectivity index (χ1n) is 5.89. The fourth-order valence-electron chi connectivity index (χ4n) is 2.48. The molecule has 1 aliphatic rings. The van der Waals surface area contributed by atoms with E-state index in [4.69, 9.17) is 5.11 Å². The number of aliphatic hydroxyl groups excluding tert-OH is 1. The minimum absolute atomic E-state index is 0.0472. The van der Waals surface area contributed by atoms with Crippen molar-refractivity contribution in [2.45, 2.75) is 58.0 Å². The number of carboxylic acids is 1. The predicted molar refractivity (Wildman–Crippen MR) is 59.1 cm³/mol. The Labute approximate surface area is 95.7 Å². The van der Waals surface area contributed by atoms with Crippen LogP contribution in [0.4, 0.5) is 0 Å². The van der Waals surface area contributed by atoms with Gasteiger partial charge in [-0.1, -0.05) is 0 Å². The van der Waals surface area contributed by atoms with E-state index in [0.717, 1.165) is 12.8 Å². The lowest BCUT2D eigenvalue weighted by Gasteiger charge is -2.27. The second-order valence-electron chi connectivity index (χ2n) is 4.84. The fourth-order valence-corrected chi connectivity index (χ4v) is 2.48. The second kappa shape index (κ2) is 5.43. The van der Waals surface area contributed by atoms with Crippen LogP contribution in [0.5, 0.6) is 0 Å². The smallest absolute Gasteiger partial charge is 0.303 e. The Balaban J connectivity index is 2.61. The van der Waals surface area contributed by atoms with Crippen LogP contribution in [0.15, 0.2) is 0 Å². The normalized spacial score (nSPS) is 27.0. The summed E-state index contributed by atoms with van der Waals surface area (Å²) in [5.74, 6) is -0.662. The van der Waals surface area contributed by atoms with Gasteiger partial charge in [0.1, 0.15) is 5.78 Å². The molecule has 0 bridgehead atoms. The Hall–Kier alpha value is -0.900. The highest BCUT2D eigenvalue weighted by Gasteiger charge is 2.41. The van der Waals surface area contributed by atoms with Gasteiger partial charge >= 0.3 is 5.97 Å². The Morgan fingerprint density at radius 2 is 2.19 bits per heavy atom. The predicted octanol–water partition coefficient (Wildman–Crippen LogP) is 1.75. The van der Waals surface area contributed by atoms with Gasteiger partial charge in [-0.2, -0.15) is 0 Å². The van der Waals surface area contributed by atoms with E-state index in [1.807, 2.05) is 0 Å². The first-order valence-corrected chi connectivity index (χ1v) is 5.89. The first kappa shape index (κ1) is 13.2. The van der Waals surface area contributed by atoms with Crippen LogP contribution in [0.1, 0.15) is 51.9 Å². The zero-order chi connectivity index (χ0) is 12.2. The third-order valence-corrected chi connectivity index (χ3v) is 3.51. The summed E-state index contributed by atoms with van der Waals surface area (Å²) >= 11 is 0. The van der Waals surface area contributed by atoms with Crippen LogP contribution >= 0.6 is 0 Å². The van der Waals surface area contributed by atoms with Crippen LogP contribution in [0.25, 0.3) is 0 Å². The number of carbonyl (C=O) groups excluding carboxylic acids is 1. The number of aliphatic carboxylic acids is 1. The maximum absolute atomic E-state index is 11.8. The number of carbonyl (C=O) groups is 2. The summed E-state index contributed by atoms with van der Waals surface area (Å²) in [7, 11) is 0. The lowest BCUT2D eigenvalue weighted by molar-refractivity contribution is -0.138. The summed E-state index contributed by atoms with van der Waals surface area (Å²) in [5, 5.41) is 18.0. The molecule has 2 atom stereocenters. The molecule has 0 aromatic rings. The number of ketones is 1. The van der Waals surface area contributed by atoms with E-state index in [0.29, 0.717) is 25.7 Å². The van der Waals surface area contributed by atoms with Gasteiger partial charge in [-0.3, -0.25) is 9.59 Å². The number of hydrogen-bond donors (Lipinski definition) is 2. The highest BCUT2D eigenvalue weighted by atomic mass is 16.4. The molecule has 0 heterocycles. The quantitative estimate of drug-likeness (QED) is 0.726. The lowest BCUT2D eigenvalue weighted by atomic mass is 9.76. The molecule has 1 saturated carbocycles. The van der Waals surface area contributed by atoms with Crippen LogP contribution in [0, 0.1) is 5.41 Å². The molecule has 16 heavy (non-hydrogen) atoms. The summed E-state index contributed by atoms with van der Waals surface area (Å²) < 4.78 is 0. The number of carboxylic acid groups (broad SMARTS) is 1. The van der Waals surface area contributed by atoms with Crippen molar-refractivity contribution in [1.29, 1.82) is 0 Å². The van der Waals surface area contributed by atoms with Crippen LogP contribution in [-0.2, 0) is 9.59 Å². The van der Waals surface area contributed by atoms with E-state index in [2.05, 4.69) is 0 Å². The largest absolute Gasteiger partial charge is 0.481 e. The Morgan fingerprint density at radius 3 is 2.62 bits per heavy atom. The molecule has 4 nitrogen and oxygen atoms in total. The van der Waals surface area contributed by atoms with E-state index < -0.39 is 17.5 Å². The van der Waals surface area contributed by atoms with Gasteiger partial charge in [0, 0.05) is 18.3 Å². The van der Waals surface area contributed by atoms with E-state index in [1.54, 1.807) is 6.92 Å². The summed E-state index contributed by atoms with van der Waals surface area (Å²) in [6.45, 7) is 1.70. The van der Waals surface area contributed by atoms with Crippen LogP contribution in [0.3, 0.4) is 0 Å². The van der Waals surface area contributed by atoms with Crippen molar-refractivity contribution in [3.63, 3.8) is 0 Å². The summed E-state index contributed by atoms with van der Waals surface area (Å²) in [6, 6.07) is 0. The summed E-state index contributed by atoms with van der Waals surface area (Å²) in [4.78, 5) is 22.4. The Kier molecular flexibility index (Phi) is 4.47. The number of rotatable bonds is 6. The maximum Gasteiger partial charge on any atom is 0.303 e. The van der Waals surface area contributed by atoms with Crippen molar-refractivity contribution in [2.24, 2.45) is 5.41 Å². The molecule has 1 rings (SSSR count). The van der Waals surface area contributed by atoms with Gasteiger partial charge < -0.3 is 10.2 Å². The highest BCUT2D eigenvalue weighted by Crippen LogP contribution is 2.43.